The maximum atomic E-state index is 12.9. The number of hydrogen-bond acceptors (Lipinski definition) is 4. The Hall–Kier alpha value is -0.560. The van der Waals surface area contributed by atoms with Gasteiger partial charge in [0.15, 0.2) is 0 Å². The van der Waals surface area contributed by atoms with E-state index in [9.17, 15) is 9.59 Å². The van der Waals surface area contributed by atoms with Crippen molar-refractivity contribution in [3.05, 3.63) is 0 Å². The van der Waals surface area contributed by atoms with Crippen LogP contribution in [0.15, 0.2) is 0 Å². The number of carbonyl (C=O) groups is 2. The van der Waals surface area contributed by atoms with Crippen molar-refractivity contribution in [1.82, 2.24) is 20.4 Å². The van der Waals surface area contributed by atoms with Gasteiger partial charge in [0.05, 0.1) is 0 Å². The number of urea groups is 1. The van der Waals surface area contributed by atoms with Crippen molar-refractivity contribution < 1.29 is 9.59 Å². The molecule has 8 heteroatoms. The summed E-state index contributed by atoms with van der Waals surface area (Å²) in [5.41, 5.74) is -0.628. The minimum atomic E-state index is -0.628. The minimum absolute atomic E-state index is 0. The lowest BCUT2D eigenvalue weighted by Crippen LogP contribution is -2.55. The second-order valence-electron chi connectivity index (χ2n) is 7.82. The molecule has 3 saturated heterocycles. The Morgan fingerprint density at radius 2 is 1.72 bits per heavy atom. The first-order valence-corrected chi connectivity index (χ1v) is 9.07. The van der Waals surface area contributed by atoms with E-state index in [0.29, 0.717) is 18.4 Å². The van der Waals surface area contributed by atoms with Gasteiger partial charge in [0.25, 0.3) is 5.91 Å². The first-order valence-electron chi connectivity index (χ1n) is 9.07. The highest BCUT2D eigenvalue weighted by Crippen LogP contribution is 2.31. The van der Waals surface area contributed by atoms with Crippen LogP contribution in [-0.2, 0) is 4.79 Å². The minimum Gasteiger partial charge on any atom is -0.323 e. The molecule has 3 aliphatic heterocycles. The highest BCUT2D eigenvalue weighted by Gasteiger charge is 2.52. The van der Waals surface area contributed by atoms with Crippen molar-refractivity contribution in [3.8, 4) is 0 Å². The van der Waals surface area contributed by atoms with E-state index in [1.165, 1.54) is 4.90 Å². The van der Waals surface area contributed by atoms with Crippen molar-refractivity contribution in [2.45, 2.75) is 45.1 Å². The molecular weight excluding hydrogens is 363 g/mol. The molecule has 0 aromatic heterocycles. The zero-order valence-corrected chi connectivity index (χ0v) is 16.9. The summed E-state index contributed by atoms with van der Waals surface area (Å²) in [5.74, 6) is 1.10. The molecule has 3 aliphatic rings. The molecule has 0 aromatic carbocycles. The molecule has 146 valence electrons. The van der Waals surface area contributed by atoms with Crippen LogP contribution in [0, 0.1) is 11.8 Å². The fraction of sp³-hybridized carbons (Fsp3) is 0.882. The summed E-state index contributed by atoms with van der Waals surface area (Å²) < 4.78 is 0. The molecule has 6 nitrogen and oxygen atoms in total. The average molecular weight is 395 g/mol. The lowest BCUT2D eigenvalue weighted by molar-refractivity contribution is -0.133. The summed E-state index contributed by atoms with van der Waals surface area (Å²) in [7, 11) is 0. The topological polar surface area (TPSA) is 64.7 Å². The van der Waals surface area contributed by atoms with Crippen LogP contribution in [0.4, 0.5) is 4.79 Å². The van der Waals surface area contributed by atoms with E-state index >= 15 is 0 Å². The second kappa shape index (κ2) is 9.40. The van der Waals surface area contributed by atoms with Crippen LogP contribution < -0.4 is 10.6 Å². The molecular formula is C17H32Cl2N4O2. The molecule has 0 radical (unpaired) electrons. The largest absolute Gasteiger partial charge is 0.325 e. The fourth-order valence-corrected chi connectivity index (χ4v) is 4.14. The summed E-state index contributed by atoms with van der Waals surface area (Å²) >= 11 is 0. The third-order valence-electron chi connectivity index (χ3n) is 5.48. The van der Waals surface area contributed by atoms with Crippen molar-refractivity contribution in [3.63, 3.8) is 0 Å². The molecule has 25 heavy (non-hydrogen) atoms. The predicted molar refractivity (Wildman–Crippen MR) is 104 cm³/mol. The van der Waals surface area contributed by atoms with E-state index in [-0.39, 0.29) is 36.8 Å². The summed E-state index contributed by atoms with van der Waals surface area (Å²) in [4.78, 5) is 29.2. The third-order valence-corrected chi connectivity index (χ3v) is 5.48. The van der Waals surface area contributed by atoms with E-state index < -0.39 is 5.54 Å². The number of piperidine rings is 2. The Morgan fingerprint density at radius 3 is 2.28 bits per heavy atom. The normalized spacial score (nSPS) is 24.2. The summed E-state index contributed by atoms with van der Waals surface area (Å²) in [6.07, 6.45) is 3.58. The quantitative estimate of drug-likeness (QED) is 0.714. The number of nitrogens with one attached hydrogen (secondary N) is 2. The van der Waals surface area contributed by atoms with Crippen molar-refractivity contribution in [2.24, 2.45) is 11.8 Å². The molecule has 3 rings (SSSR count). The monoisotopic (exact) mass is 394 g/mol. The van der Waals surface area contributed by atoms with E-state index in [0.717, 1.165) is 58.4 Å². The van der Waals surface area contributed by atoms with E-state index in [1.54, 1.807) is 0 Å². The van der Waals surface area contributed by atoms with E-state index in [1.807, 2.05) is 0 Å². The number of amides is 3. The molecule has 3 fully saturated rings. The number of likely N-dealkylation sites (tertiary alicyclic amines) is 1. The Labute approximate surface area is 163 Å². The Kier molecular flexibility index (Phi) is 8.45. The molecule has 0 bridgehead atoms. The molecule has 2 N–H and O–H groups in total. The summed E-state index contributed by atoms with van der Waals surface area (Å²) in [6.45, 7) is 9.85. The molecule has 3 heterocycles. The Bertz CT molecular complexity index is 462. The van der Waals surface area contributed by atoms with Crippen LogP contribution in [0.2, 0.25) is 0 Å². The van der Waals surface area contributed by atoms with Crippen LogP contribution >= 0.6 is 24.8 Å². The van der Waals surface area contributed by atoms with Gasteiger partial charge < -0.3 is 15.5 Å². The van der Waals surface area contributed by atoms with Crippen LogP contribution in [0.25, 0.3) is 0 Å². The molecule has 3 amide bonds. The van der Waals surface area contributed by atoms with E-state index in [4.69, 9.17) is 0 Å². The van der Waals surface area contributed by atoms with Crippen molar-refractivity contribution in [2.75, 3.05) is 39.3 Å². The van der Waals surface area contributed by atoms with Gasteiger partial charge in [0, 0.05) is 26.2 Å². The van der Waals surface area contributed by atoms with Crippen LogP contribution in [0.5, 0.6) is 0 Å². The molecule has 1 spiro atoms. The van der Waals surface area contributed by atoms with Gasteiger partial charge in [0.1, 0.15) is 5.54 Å². The first kappa shape index (κ1) is 22.5. The maximum absolute atomic E-state index is 12.9. The fourth-order valence-electron chi connectivity index (χ4n) is 4.14. The number of imide groups is 1. The van der Waals surface area contributed by atoms with Gasteiger partial charge in [0.2, 0.25) is 0 Å². The van der Waals surface area contributed by atoms with Gasteiger partial charge in [-0.05, 0) is 50.6 Å². The SMILES string of the molecule is CC(C)CN1CCC2(CC1)NC(=O)N(CC1CCNCC1)C2=O.Cl.Cl. The maximum Gasteiger partial charge on any atom is 0.325 e. The third kappa shape index (κ3) is 5.00. The number of hydrogen-bond donors (Lipinski definition) is 2. The molecule has 0 aliphatic carbocycles. The zero-order valence-electron chi connectivity index (χ0n) is 15.3. The lowest BCUT2D eigenvalue weighted by Gasteiger charge is -2.38. The summed E-state index contributed by atoms with van der Waals surface area (Å²) in [5, 5.41) is 6.36. The second-order valence-corrected chi connectivity index (χ2v) is 7.82. The van der Waals surface area contributed by atoms with Gasteiger partial charge in [-0.15, -0.1) is 24.8 Å². The summed E-state index contributed by atoms with van der Waals surface area (Å²) in [6, 6.07) is -0.175. The molecule has 0 unspecified atom stereocenters. The number of halogens is 2. The van der Waals surface area contributed by atoms with E-state index in [2.05, 4.69) is 29.4 Å². The molecule has 0 aromatic rings. The lowest BCUT2D eigenvalue weighted by atomic mass is 9.87. The van der Waals surface area contributed by atoms with Crippen molar-refractivity contribution >= 4 is 36.8 Å². The average Bonchev–Trinajstić information content (AvgIpc) is 2.75. The van der Waals surface area contributed by atoms with Gasteiger partial charge in [-0.3, -0.25) is 9.69 Å². The van der Waals surface area contributed by atoms with Gasteiger partial charge in [-0.25, -0.2) is 4.79 Å². The van der Waals surface area contributed by atoms with Crippen LogP contribution in [-0.4, -0.2) is 66.5 Å². The van der Waals surface area contributed by atoms with Crippen molar-refractivity contribution in [1.29, 1.82) is 0 Å². The first-order chi connectivity index (χ1) is 11.0. The number of nitrogens with zero attached hydrogens (tertiary/aromatic N) is 2. The molecule has 0 saturated carbocycles. The molecule has 0 atom stereocenters. The highest BCUT2D eigenvalue weighted by atomic mass is 35.5. The standard InChI is InChI=1S/C17H30N4O2.2ClH/c1-13(2)11-20-9-5-17(6-10-20)15(22)21(16(23)19-17)12-14-3-7-18-8-4-14;;/h13-14,18H,3-12H2,1-2H3,(H,19,23);2*1H. The highest BCUT2D eigenvalue weighted by molar-refractivity contribution is 6.07. The van der Waals surface area contributed by atoms with Gasteiger partial charge in [-0.2, -0.15) is 0 Å². The predicted octanol–water partition coefficient (Wildman–Crippen LogP) is 1.87. The Balaban J connectivity index is 0.00000156. The smallest absolute Gasteiger partial charge is 0.323 e. The number of rotatable bonds is 4. The van der Waals surface area contributed by atoms with Crippen LogP contribution in [0.1, 0.15) is 39.5 Å². The zero-order chi connectivity index (χ0) is 16.4. The Morgan fingerprint density at radius 1 is 1.12 bits per heavy atom. The number of carbonyl (C=O) groups excluding carboxylic acids is 2. The van der Waals surface area contributed by atoms with Gasteiger partial charge >= 0.3 is 6.03 Å². The van der Waals surface area contributed by atoms with Gasteiger partial charge in [-0.1, -0.05) is 13.8 Å². The van der Waals surface area contributed by atoms with Crippen LogP contribution in [0.3, 0.4) is 0 Å².